The molecule has 0 amide bonds. The molecular formula is C10H21NO2. The van der Waals surface area contributed by atoms with Crippen LogP contribution in [0.3, 0.4) is 0 Å². The van der Waals surface area contributed by atoms with Crippen molar-refractivity contribution in [2.24, 2.45) is 0 Å². The number of aliphatic hydroxyl groups is 1. The van der Waals surface area contributed by atoms with Crippen molar-refractivity contribution in [3.05, 3.63) is 0 Å². The molecule has 0 atom stereocenters. The summed E-state index contributed by atoms with van der Waals surface area (Å²) in [5.41, 5.74) is 0. The third-order valence-corrected chi connectivity index (χ3v) is 2.49. The molecule has 1 heterocycles. The molecule has 13 heavy (non-hydrogen) atoms. The zero-order chi connectivity index (χ0) is 9.36. The molecule has 0 unspecified atom stereocenters. The monoisotopic (exact) mass is 187 g/mol. The molecule has 0 aromatic heterocycles. The Hall–Kier alpha value is -0.120. The Bertz CT molecular complexity index is 113. The molecular weight excluding hydrogens is 166 g/mol. The molecule has 1 aliphatic heterocycles. The summed E-state index contributed by atoms with van der Waals surface area (Å²) in [6.45, 7) is 5.54. The number of unbranched alkanes of at least 4 members (excludes halogenated alkanes) is 3. The van der Waals surface area contributed by atoms with E-state index in [-0.39, 0.29) is 0 Å². The topological polar surface area (TPSA) is 32.7 Å². The standard InChI is InChI=1S/C10H21NO2/c12-8-4-2-1-3-5-11-6-9-13-10-7-11/h12H,1-10H2. The maximum Gasteiger partial charge on any atom is 0.0594 e. The van der Waals surface area contributed by atoms with Crippen molar-refractivity contribution in [1.82, 2.24) is 4.90 Å². The molecule has 0 aromatic rings. The summed E-state index contributed by atoms with van der Waals surface area (Å²) < 4.78 is 5.27. The first kappa shape index (κ1) is 11.0. The number of nitrogens with zero attached hydrogens (tertiary/aromatic N) is 1. The summed E-state index contributed by atoms with van der Waals surface area (Å²) in [4.78, 5) is 2.46. The summed E-state index contributed by atoms with van der Waals surface area (Å²) in [5, 5.41) is 8.59. The summed E-state index contributed by atoms with van der Waals surface area (Å²) in [6, 6.07) is 0. The molecule has 0 aliphatic carbocycles. The van der Waals surface area contributed by atoms with Gasteiger partial charge in [0.15, 0.2) is 0 Å². The summed E-state index contributed by atoms with van der Waals surface area (Å²) in [5.74, 6) is 0. The van der Waals surface area contributed by atoms with Gasteiger partial charge in [-0.3, -0.25) is 4.90 Å². The van der Waals surface area contributed by atoms with Gasteiger partial charge < -0.3 is 9.84 Å². The highest BCUT2D eigenvalue weighted by Gasteiger charge is 2.08. The van der Waals surface area contributed by atoms with E-state index in [1.54, 1.807) is 0 Å². The minimum absolute atomic E-state index is 0.345. The SMILES string of the molecule is OCCCCCCN1CCOCC1. The number of hydrogen-bond acceptors (Lipinski definition) is 3. The predicted octanol–water partition coefficient (Wildman–Crippen LogP) is 0.871. The van der Waals surface area contributed by atoms with Crippen LogP contribution in [0, 0.1) is 0 Å². The maximum atomic E-state index is 8.59. The van der Waals surface area contributed by atoms with E-state index in [1.165, 1.54) is 25.8 Å². The Balaban J connectivity index is 1.86. The van der Waals surface area contributed by atoms with Crippen molar-refractivity contribution < 1.29 is 9.84 Å². The molecule has 0 aromatic carbocycles. The highest BCUT2D eigenvalue weighted by Crippen LogP contribution is 2.03. The maximum absolute atomic E-state index is 8.59. The van der Waals surface area contributed by atoms with Crippen molar-refractivity contribution in [3.8, 4) is 0 Å². The fourth-order valence-corrected chi connectivity index (χ4v) is 1.63. The second kappa shape index (κ2) is 7.30. The Morgan fingerprint density at radius 2 is 1.69 bits per heavy atom. The van der Waals surface area contributed by atoms with Crippen molar-refractivity contribution in [2.45, 2.75) is 25.7 Å². The van der Waals surface area contributed by atoms with Gasteiger partial charge >= 0.3 is 0 Å². The van der Waals surface area contributed by atoms with Crippen LogP contribution in [0.25, 0.3) is 0 Å². The number of morpholine rings is 1. The molecule has 1 aliphatic rings. The molecule has 1 fully saturated rings. The average Bonchev–Trinajstić information content (AvgIpc) is 2.19. The lowest BCUT2D eigenvalue weighted by Crippen LogP contribution is -2.36. The molecule has 1 N–H and O–H groups in total. The molecule has 0 saturated carbocycles. The fraction of sp³-hybridized carbons (Fsp3) is 1.00. The fourth-order valence-electron chi connectivity index (χ4n) is 1.63. The highest BCUT2D eigenvalue weighted by molar-refractivity contribution is 4.61. The first-order valence-corrected chi connectivity index (χ1v) is 5.34. The van der Waals surface area contributed by atoms with Gasteiger partial charge in [-0.1, -0.05) is 12.8 Å². The quantitative estimate of drug-likeness (QED) is 0.626. The van der Waals surface area contributed by atoms with E-state index in [9.17, 15) is 0 Å². The van der Waals surface area contributed by atoms with Gasteiger partial charge in [0.2, 0.25) is 0 Å². The van der Waals surface area contributed by atoms with Gasteiger partial charge in [-0.25, -0.2) is 0 Å². The van der Waals surface area contributed by atoms with E-state index >= 15 is 0 Å². The molecule has 0 bridgehead atoms. The van der Waals surface area contributed by atoms with Crippen LogP contribution in [0.15, 0.2) is 0 Å². The van der Waals surface area contributed by atoms with Crippen molar-refractivity contribution in [3.63, 3.8) is 0 Å². The van der Waals surface area contributed by atoms with E-state index in [0.29, 0.717) is 6.61 Å². The van der Waals surface area contributed by atoms with Crippen molar-refractivity contribution >= 4 is 0 Å². The predicted molar refractivity (Wildman–Crippen MR) is 52.8 cm³/mol. The Labute approximate surface area is 80.7 Å². The Kier molecular flexibility index (Phi) is 6.15. The lowest BCUT2D eigenvalue weighted by atomic mass is 10.2. The van der Waals surface area contributed by atoms with Gasteiger partial charge in [0.05, 0.1) is 13.2 Å². The van der Waals surface area contributed by atoms with Crippen LogP contribution in [0.5, 0.6) is 0 Å². The molecule has 3 nitrogen and oxygen atoms in total. The first-order valence-electron chi connectivity index (χ1n) is 5.34. The van der Waals surface area contributed by atoms with Gasteiger partial charge in [0, 0.05) is 19.7 Å². The third kappa shape index (κ3) is 5.24. The Morgan fingerprint density at radius 1 is 1.00 bits per heavy atom. The minimum atomic E-state index is 0.345. The van der Waals surface area contributed by atoms with Gasteiger partial charge in [0.1, 0.15) is 0 Å². The largest absolute Gasteiger partial charge is 0.396 e. The zero-order valence-electron chi connectivity index (χ0n) is 8.37. The van der Waals surface area contributed by atoms with Crippen LogP contribution in [-0.2, 0) is 4.74 Å². The summed E-state index contributed by atoms with van der Waals surface area (Å²) in [7, 11) is 0. The highest BCUT2D eigenvalue weighted by atomic mass is 16.5. The molecule has 1 saturated heterocycles. The van der Waals surface area contributed by atoms with Gasteiger partial charge in [-0.2, -0.15) is 0 Å². The third-order valence-electron chi connectivity index (χ3n) is 2.49. The van der Waals surface area contributed by atoms with Crippen LogP contribution in [0.4, 0.5) is 0 Å². The van der Waals surface area contributed by atoms with E-state index in [4.69, 9.17) is 9.84 Å². The van der Waals surface area contributed by atoms with Crippen LogP contribution < -0.4 is 0 Å². The van der Waals surface area contributed by atoms with Crippen molar-refractivity contribution in [1.29, 1.82) is 0 Å². The van der Waals surface area contributed by atoms with E-state index < -0.39 is 0 Å². The van der Waals surface area contributed by atoms with Crippen LogP contribution >= 0.6 is 0 Å². The van der Waals surface area contributed by atoms with E-state index in [2.05, 4.69) is 4.90 Å². The van der Waals surface area contributed by atoms with Gasteiger partial charge in [-0.05, 0) is 19.4 Å². The number of hydrogen-bond donors (Lipinski definition) is 1. The summed E-state index contributed by atoms with van der Waals surface area (Å²) in [6.07, 6.45) is 4.64. The number of rotatable bonds is 6. The molecule has 78 valence electrons. The molecule has 0 radical (unpaired) electrons. The number of aliphatic hydroxyl groups excluding tert-OH is 1. The normalized spacial score (nSPS) is 19.2. The van der Waals surface area contributed by atoms with Gasteiger partial charge in [0.25, 0.3) is 0 Å². The first-order chi connectivity index (χ1) is 6.43. The molecule has 0 spiro atoms. The zero-order valence-corrected chi connectivity index (χ0v) is 8.37. The summed E-state index contributed by atoms with van der Waals surface area (Å²) >= 11 is 0. The lowest BCUT2D eigenvalue weighted by Gasteiger charge is -2.26. The number of ether oxygens (including phenoxy) is 1. The van der Waals surface area contributed by atoms with E-state index in [0.717, 1.165) is 32.7 Å². The molecule has 1 rings (SSSR count). The lowest BCUT2D eigenvalue weighted by molar-refractivity contribution is 0.0371. The average molecular weight is 187 g/mol. The van der Waals surface area contributed by atoms with Crippen molar-refractivity contribution in [2.75, 3.05) is 39.5 Å². The molecule has 3 heteroatoms. The van der Waals surface area contributed by atoms with Crippen LogP contribution in [-0.4, -0.2) is 49.5 Å². The van der Waals surface area contributed by atoms with Crippen LogP contribution in [0.1, 0.15) is 25.7 Å². The van der Waals surface area contributed by atoms with E-state index in [1.807, 2.05) is 0 Å². The minimum Gasteiger partial charge on any atom is -0.396 e. The smallest absolute Gasteiger partial charge is 0.0594 e. The van der Waals surface area contributed by atoms with Gasteiger partial charge in [-0.15, -0.1) is 0 Å². The second-order valence-electron chi connectivity index (χ2n) is 3.59. The second-order valence-corrected chi connectivity index (χ2v) is 3.59. The Morgan fingerprint density at radius 3 is 2.38 bits per heavy atom. The van der Waals surface area contributed by atoms with Crippen LogP contribution in [0.2, 0.25) is 0 Å².